The van der Waals surface area contributed by atoms with E-state index in [2.05, 4.69) is 5.32 Å². The van der Waals surface area contributed by atoms with E-state index in [4.69, 9.17) is 4.74 Å². The van der Waals surface area contributed by atoms with E-state index < -0.39 is 9.84 Å². The molecule has 1 unspecified atom stereocenters. The van der Waals surface area contributed by atoms with Crippen LogP contribution in [0.1, 0.15) is 12.5 Å². The third-order valence-corrected chi connectivity index (χ3v) is 4.68. The van der Waals surface area contributed by atoms with Crippen molar-refractivity contribution in [2.75, 3.05) is 26.0 Å². The third kappa shape index (κ3) is 4.08. The van der Waals surface area contributed by atoms with Crippen molar-refractivity contribution in [3.05, 3.63) is 29.8 Å². The molecule has 0 aliphatic heterocycles. The van der Waals surface area contributed by atoms with Gasteiger partial charge in [-0.3, -0.25) is 0 Å². The van der Waals surface area contributed by atoms with E-state index >= 15 is 0 Å². The lowest BCUT2D eigenvalue weighted by Gasteiger charge is -2.17. The molecule has 0 aliphatic rings. The Balaban J connectivity index is 2.90. The molecular weight excluding hydrogens is 250 g/mol. The van der Waals surface area contributed by atoms with Gasteiger partial charge in [0.05, 0.1) is 17.3 Å². The Morgan fingerprint density at radius 3 is 2.56 bits per heavy atom. The minimum Gasteiger partial charge on any atom is -0.383 e. The minimum atomic E-state index is -3.28. The zero-order chi connectivity index (χ0) is 13.6. The summed E-state index contributed by atoms with van der Waals surface area (Å²) >= 11 is 0. The first-order chi connectivity index (χ1) is 8.51. The molecule has 1 aromatic rings. The SMILES string of the molecule is CCNC(COC)CS(=O)(=O)c1ccccc1C. The zero-order valence-corrected chi connectivity index (χ0v) is 12.0. The van der Waals surface area contributed by atoms with Crippen molar-refractivity contribution in [3.8, 4) is 0 Å². The summed E-state index contributed by atoms with van der Waals surface area (Å²) in [5.41, 5.74) is 0.783. The molecule has 0 aliphatic carbocycles. The fourth-order valence-corrected chi connectivity index (χ4v) is 3.68. The van der Waals surface area contributed by atoms with Crippen LogP contribution in [0, 0.1) is 6.92 Å². The average molecular weight is 271 g/mol. The Hall–Kier alpha value is -0.910. The smallest absolute Gasteiger partial charge is 0.180 e. The van der Waals surface area contributed by atoms with Crippen molar-refractivity contribution in [1.29, 1.82) is 0 Å². The molecule has 0 saturated heterocycles. The molecule has 0 aromatic heterocycles. The first kappa shape index (κ1) is 15.1. The average Bonchev–Trinajstić information content (AvgIpc) is 2.29. The van der Waals surface area contributed by atoms with Gasteiger partial charge in [0.15, 0.2) is 9.84 Å². The fraction of sp³-hybridized carbons (Fsp3) is 0.538. The van der Waals surface area contributed by atoms with Gasteiger partial charge in [0, 0.05) is 13.2 Å². The van der Waals surface area contributed by atoms with Gasteiger partial charge in [-0.2, -0.15) is 0 Å². The molecule has 5 heteroatoms. The Labute approximate surface area is 109 Å². The topological polar surface area (TPSA) is 55.4 Å². The van der Waals surface area contributed by atoms with Crippen molar-refractivity contribution in [1.82, 2.24) is 5.32 Å². The van der Waals surface area contributed by atoms with E-state index in [1.807, 2.05) is 26.0 Å². The molecule has 18 heavy (non-hydrogen) atoms. The molecular formula is C13H21NO3S. The number of likely N-dealkylation sites (N-methyl/N-ethyl adjacent to an activating group) is 1. The summed E-state index contributed by atoms with van der Waals surface area (Å²) in [6, 6.07) is 6.87. The van der Waals surface area contributed by atoms with E-state index in [-0.39, 0.29) is 11.8 Å². The highest BCUT2D eigenvalue weighted by atomic mass is 32.2. The predicted octanol–water partition coefficient (Wildman–Crippen LogP) is 1.39. The highest BCUT2D eigenvalue weighted by Gasteiger charge is 2.22. The van der Waals surface area contributed by atoms with Gasteiger partial charge in [-0.15, -0.1) is 0 Å². The number of hydrogen-bond donors (Lipinski definition) is 1. The standard InChI is InChI=1S/C13H21NO3S/c1-4-14-12(9-17-3)10-18(15,16)13-8-6-5-7-11(13)2/h5-8,12,14H,4,9-10H2,1-3H3. The lowest BCUT2D eigenvalue weighted by Crippen LogP contribution is -2.39. The molecule has 1 rings (SSSR count). The first-order valence-electron chi connectivity index (χ1n) is 6.02. The second-order valence-corrected chi connectivity index (χ2v) is 6.26. The first-order valence-corrected chi connectivity index (χ1v) is 7.67. The van der Waals surface area contributed by atoms with Gasteiger partial charge in [-0.25, -0.2) is 8.42 Å². The summed E-state index contributed by atoms with van der Waals surface area (Å²) in [6.45, 7) is 4.87. The Morgan fingerprint density at radius 1 is 1.33 bits per heavy atom. The van der Waals surface area contributed by atoms with Crippen LogP contribution in [0.15, 0.2) is 29.2 Å². The van der Waals surface area contributed by atoms with Crippen LogP contribution in [0.25, 0.3) is 0 Å². The van der Waals surface area contributed by atoms with Crippen LogP contribution < -0.4 is 5.32 Å². The van der Waals surface area contributed by atoms with Crippen LogP contribution in [0.3, 0.4) is 0 Å². The van der Waals surface area contributed by atoms with Gasteiger partial charge in [-0.05, 0) is 25.1 Å². The van der Waals surface area contributed by atoms with Gasteiger partial charge in [0.2, 0.25) is 0 Å². The second kappa shape index (κ2) is 6.87. The lowest BCUT2D eigenvalue weighted by atomic mass is 10.2. The van der Waals surface area contributed by atoms with Crippen LogP contribution in [0.4, 0.5) is 0 Å². The minimum absolute atomic E-state index is 0.0551. The molecule has 0 spiro atoms. The highest BCUT2D eigenvalue weighted by molar-refractivity contribution is 7.91. The normalized spacial score (nSPS) is 13.5. The summed E-state index contributed by atoms with van der Waals surface area (Å²) in [5.74, 6) is 0.0551. The molecule has 0 radical (unpaired) electrons. The van der Waals surface area contributed by atoms with Gasteiger partial charge in [0.25, 0.3) is 0 Å². The molecule has 0 amide bonds. The number of sulfone groups is 1. The van der Waals surface area contributed by atoms with Crippen molar-refractivity contribution in [2.45, 2.75) is 24.8 Å². The largest absolute Gasteiger partial charge is 0.383 e. The van der Waals surface area contributed by atoms with Crippen LogP contribution in [0.2, 0.25) is 0 Å². The summed E-state index contributed by atoms with van der Waals surface area (Å²) < 4.78 is 29.7. The number of hydrogen-bond acceptors (Lipinski definition) is 4. The molecule has 102 valence electrons. The van der Waals surface area contributed by atoms with E-state index in [0.29, 0.717) is 11.5 Å². The van der Waals surface area contributed by atoms with Gasteiger partial charge < -0.3 is 10.1 Å². The van der Waals surface area contributed by atoms with Crippen molar-refractivity contribution in [3.63, 3.8) is 0 Å². The monoisotopic (exact) mass is 271 g/mol. The van der Waals surface area contributed by atoms with Crippen LogP contribution in [-0.4, -0.2) is 40.5 Å². The summed E-state index contributed by atoms with van der Waals surface area (Å²) in [4.78, 5) is 0.406. The van der Waals surface area contributed by atoms with Crippen molar-refractivity contribution >= 4 is 9.84 Å². The van der Waals surface area contributed by atoms with Crippen LogP contribution >= 0.6 is 0 Å². The maximum absolute atomic E-state index is 12.3. The maximum atomic E-state index is 12.3. The third-order valence-electron chi connectivity index (χ3n) is 2.71. The number of rotatable bonds is 7. The fourth-order valence-electron chi connectivity index (χ4n) is 1.92. The van der Waals surface area contributed by atoms with E-state index in [1.165, 1.54) is 0 Å². The molecule has 0 bridgehead atoms. The van der Waals surface area contributed by atoms with E-state index in [0.717, 1.165) is 12.1 Å². The summed E-state index contributed by atoms with van der Waals surface area (Å²) in [7, 11) is -1.70. The van der Waals surface area contributed by atoms with Crippen molar-refractivity contribution in [2.24, 2.45) is 0 Å². The number of methoxy groups -OCH3 is 1. The Bertz CT molecular complexity index is 465. The predicted molar refractivity (Wildman–Crippen MR) is 72.6 cm³/mol. The molecule has 0 saturated carbocycles. The van der Waals surface area contributed by atoms with Gasteiger partial charge in [0.1, 0.15) is 0 Å². The van der Waals surface area contributed by atoms with Crippen molar-refractivity contribution < 1.29 is 13.2 Å². The molecule has 1 aromatic carbocycles. The summed E-state index contributed by atoms with van der Waals surface area (Å²) in [5, 5.41) is 3.12. The molecule has 4 nitrogen and oxygen atoms in total. The van der Waals surface area contributed by atoms with Crippen LogP contribution in [-0.2, 0) is 14.6 Å². The lowest BCUT2D eigenvalue weighted by molar-refractivity contribution is 0.174. The van der Waals surface area contributed by atoms with E-state index in [1.54, 1.807) is 19.2 Å². The number of benzene rings is 1. The quantitative estimate of drug-likeness (QED) is 0.814. The number of aryl methyl sites for hydroxylation is 1. The summed E-state index contributed by atoms with van der Waals surface area (Å²) in [6.07, 6.45) is 0. The maximum Gasteiger partial charge on any atom is 0.180 e. The molecule has 1 N–H and O–H groups in total. The van der Waals surface area contributed by atoms with Gasteiger partial charge in [-0.1, -0.05) is 25.1 Å². The van der Waals surface area contributed by atoms with Crippen LogP contribution in [0.5, 0.6) is 0 Å². The number of ether oxygens (including phenoxy) is 1. The Morgan fingerprint density at radius 2 is 2.00 bits per heavy atom. The molecule has 0 heterocycles. The highest BCUT2D eigenvalue weighted by Crippen LogP contribution is 2.16. The molecule has 1 atom stereocenters. The number of nitrogens with one attached hydrogen (secondary N) is 1. The zero-order valence-electron chi connectivity index (χ0n) is 11.1. The second-order valence-electron chi connectivity index (χ2n) is 4.26. The Kier molecular flexibility index (Phi) is 5.78. The van der Waals surface area contributed by atoms with E-state index in [9.17, 15) is 8.42 Å². The van der Waals surface area contributed by atoms with Gasteiger partial charge >= 0.3 is 0 Å². The molecule has 0 fully saturated rings.